The van der Waals surface area contributed by atoms with E-state index in [-0.39, 0.29) is 18.7 Å². The number of aromatic nitrogens is 3. The molecule has 0 bridgehead atoms. The Balaban J connectivity index is 1.49. The lowest BCUT2D eigenvalue weighted by atomic mass is 10.2. The lowest BCUT2D eigenvalue weighted by Gasteiger charge is -2.07. The number of hydrogen-bond acceptors (Lipinski definition) is 5. The van der Waals surface area contributed by atoms with Crippen LogP contribution in [-0.2, 0) is 18.3 Å². The highest BCUT2D eigenvalue weighted by molar-refractivity contribution is 9.10. The number of amides is 2. The Morgan fingerprint density at radius 1 is 1.26 bits per heavy atom. The first-order valence-electron chi connectivity index (χ1n) is 7.92. The fraction of sp³-hybridized carbons (Fsp3) is 0.176. The van der Waals surface area contributed by atoms with Gasteiger partial charge in [-0.15, -0.1) is 0 Å². The maximum atomic E-state index is 12.0. The first-order chi connectivity index (χ1) is 12.9. The number of benzene rings is 1. The molecule has 0 saturated carbocycles. The Labute approximate surface area is 168 Å². The van der Waals surface area contributed by atoms with Crippen molar-refractivity contribution in [1.29, 1.82) is 0 Å². The predicted molar refractivity (Wildman–Crippen MR) is 102 cm³/mol. The predicted octanol–water partition coefficient (Wildman–Crippen LogP) is 2.88. The SMILES string of the molecule is Cn1cc(Br)cc1C(=O)NNC(=O)CCc1nc(-c2ccc(Cl)cc2)no1. The lowest BCUT2D eigenvalue weighted by molar-refractivity contribution is -0.121. The van der Waals surface area contributed by atoms with Gasteiger partial charge in [-0.25, -0.2) is 0 Å². The van der Waals surface area contributed by atoms with Crippen molar-refractivity contribution in [1.82, 2.24) is 25.6 Å². The van der Waals surface area contributed by atoms with E-state index in [1.54, 1.807) is 48.1 Å². The molecule has 0 fully saturated rings. The van der Waals surface area contributed by atoms with Gasteiger partial charge in [0.1, 0.15) is 5.69 Å². The molecule has 0 spiro atoms. The second-order valence-electron chi connectivity index (χ2n) is 5.68. The molecular weight excluding hydrogens is 438 g/mol. The van der Waals surface area contributed by atoms with Crippen LogP contribution in [0.2, 0.25) is 5.02 Å². The highest BCUT2D eigenvalue weighted by atomic mass is 79.9. The van der Waals surface area contributed by atoms with Crippen LogP contribution in [0.5, 0.6) is 0 Å². The third-order valence-electron chi connectivity index (χ3n) is 3.66. The summed E-state index contributed by atoms with van der Waals surface area (Å²) < 4.78 is 7.56. The number of hydrogen-bond donors (Lipinski definition) is 2. The average molecular weight is 453 g/mol. The molecule has 0 radical (unpaired) electrons. The van der Waals surface area contributed by atoms with Gasteiger partial charge in [-0.3, -0.25) is 20.4 Å². The lowest BCUT2D eigenvalue weighted by Crippen LogP contribution is -2.42. The molecule has 27 heavy (non-hydrogen) atoms. The molecule has 2 heterocycles. The van der Waals surface area contributed by atoms with Gasteiger partial charge in [0, 0.05) is 41.1 Å². The fourth-order valence-electron chi connectivity index (χ4n) is 2.30. The summed E-state index contributed by atoms with van der Waals surface area (Å²) in [6.07, 6.45) is 2.07. The number of carbonyl (C=O) groups is 2. The maximum Gasteiger partial charge on any atom is 0.286 e. The summed E-state index contributed by atoms with van der Waals surface area (Å²) in [6.45, 7) is 0. The van der Waals surface area contributed by atoms with Crippen LogP contribution in [0.4, 0.5) is 0 Å². The van der Waals surface area contributed by atoms with Crippen molar-refractivity contribution in [2.45, 2.75) is 12.8 Å². The first-order valence-corrected chi connectivity index (χ1v) is 9.09. The summed E-state index contributed by atoms with van der Waals surface area (Å²) in [5.41, 5.74) is 5.90. The molecule has 2 amide bonds. The van der Waals surface area contributed by atoms with Crippen molar-refractivity contribution < 1.29 is 14.1 Å². The Hall–Kier alpha value is -2.65. The summed E-state index contributed by atoms with van der Waals surface area (Å²) in [5, 5.41) is 4.50. The largest absolute Gasteiger partial charge is 0.345 e. The molecule has 3 aromatic rings. The number of hydrazine groups is 1. The van der Waals surface area contributed by atoms with Crippen LogP contribution in [-0.4, -0.2) is 26.5 Å². The molecule has 140 valence electrons. The normalized spacial score (nSPS) is 10.6. The van der Waals surface area contributed by atoms with Crippen LogP contribution in [0.25, 0.3) is 11.4 Å². The number of carbonyl (C=O) groups excluding carboxylic acids is 2. The molecule has 1 aromatic carbocycles. The molecule has 0 saturated heterocycles. The third-order valence-corrected chi connectivity index (χ3v) is 4.34. The molecule has 3 rings (SSSR count). The molecule has 0 atom stereocenters. The Morgan fingerprint density at radius 3 is 2.67 bits per heavy atom. The number of aryl methyl sites for hydroxylation is 2. The zero-order chi connectivity index (χ0) is 19.4. The second kappa shape index (κ2) is 8.36. The molecule has 10 heteroatoms. The molecule has 0 unspecified atom stereocenters. The van der Waals surface area contributed by atoms with E-state index in [0.717, 1.165) is 10.0 Å². The van der Waals surface area contributed by atoms with Crippen molar-refractivity contribution in [3.8, 4) is 11.4 Å². The summed E-state index contributed by atoms with van der Waals surface area (Å²) in [7, 11) is 1.73. The van der Waals surface area contributed by atoms with Gasteiger partial charge in [0.15, 0.2) is 0 Å². The zero-order valence-electron chi connectivity index (χ0n) is 14.2. The van der Waals surface area contributed by atoms with E-state index in [2.05, 4.69) is 36.9 Å². The highest BCUT2D eigenvalue weighted by Crippen LogP contribution is 2.19. The van der Waals surface area contributed by atoms with Crippen molar-refractivity contribution in [2.75, 3.05) is 0 Å². The van der Waals surface area contributed by atoms with Crippen LogP contribution in [0.15, 0.2) is 45.5 Å². The fourth-order valence-corrected chi connectivity index (χ4v) is 2.95. The zero-order valence-corrected chi connectivity index (χ0v) is 16.5. The summed E-state index contributed by atoms with van der Waals surface area (Å²) >= 11 is 9.13. The monoisotopic (exact) mass is 451 g/mol. The van der Waals surface area contributed by atoms with Crippen molar-refractivity contribution in [2.24, 2.45) is 7.05 Å². The average Bonchev–Trinajstić information content (AvgIpc) is 3.24. The van der Waals surface area contributed by atoms with Gasteiger partial charge in [0.25, 0.3) is 5.91 Å². The minimum atomic E-state index is -0.417. The Bertz CT molecular complexity index is 967. The van der Waals surface area contributed by atoms with Gasteiger partial charge in [-0.05, 0) is 46.3 Å². The third kappa shape index (κ3) is 4.95. The smallest absolute Gasteiger partial charge is 0.286 e. The van der Waals surface area contributed by atoms with Gasteiger partial charge in [0.05, 0.1) is 0 Å². The van der Waals surface area contributed by atoms with Crippen LogP contribution >= 0.6 is 27.5 Å². The maximum absolute atomic E-state index is 12.0. The van der Waals surface area contributed by atoms with Crippen molar-refractivity contribution >= 4 is 39.3 Å². The van der Waals surface area contributed by atoms with Gasteiger partial charge < -0.3 is 9.09 Å². The molecule has 2 aromatic heterocycles. The van der Waals surface area contributed by atoms with Crippen LogP contribution in [0.3, 0.4) is 0 Å². The van der Waals surface area contributed by atoms with Gasteiger partial charge >= 0.3 is 0 Å². The number of nitrogens with one attached hydrogen (secondary N) is 2. The highest BCUT2D eigenvalue weighted by Gasteiger charge is 2.13. The Kier molecular flexibility index (Phi) is 5.92. The summed E-state index contributed by atoms with van der Waals surface area (Å²) in [6, 6.07) is 8.67. The Morgan fingerprint density at radius 2 is 2.00 bits per heavy atom. The van der Waals surface area contributed by atoms with Gasteiger partial charge in [0.2, 0.25) is 17.6 Å². The van der Waals surface area contributed by atoms with Crippen LogP contribution in [0, 0.1) is 0 Å². The van der Waals surface area contributed by atoms with Gasteiger partial charge in [-0.1, -0.05) is 16.8 Å². The molecule has 0 aliphatic carbocycles. The topological polar surface area (TPSA) is 102 Å². The van der Waals surface area contributed by atoms with Gasteiger partial charge in [-0.2, -0.15) is 4.98 Å². The van der Waals surface area contributed by atoms with Crippen LogP contribution < -0.4 is 10.9 Å². The molecular formula is C17H15BrClN5O3. The second-order valence-corrected chi connectivity index (χ2v) is 7.03. The van der Waals surface area contributed by atoms with E-state index in [4.69, 9.17) is 16.1 Å². The summed E-state index contributed by atoms with van der Waals surface area (Å²) in [4.78, 5) is 28.2. The van der Waals surface area contributed by atoms with Crippen molar-refractivity contribution in [3.05, 3.63) is 57.6 Å². The molecule has 8 nitrogen and oxygen atoms in total. The number of nitrogens with zero attached hydrogens (tertiary/aromatic N) is 3. The number of rotatable bonds is 5. The molecule has 0 aliphatic heterocycles. The van der Waals surface area contributed by atoms with E-state index in [1.165, 1.54) is 0 Å². The first kappa shape index (κ1) is 19.1. The van der Waals surface area contributed by atoms with Crippen molar-refractivity contribution in [3.63, 3.8) is 0 Å². The standard InChI is InChI=1S/C17H15BrClN5O3/c1-24-9-11(18)8-13(24)17(26)22-21-14(25)6-7-15-20-16(23-27-15)10-2-4-12(19)5-3-10/h2-5,8-9H,6-7H2,1H3,(H,21,25)(H,22,26). The van der Waals surface area contributed by atoms with E-state index >= 15 is 0 Å². The van der Waals surface area contributed by atoms with E-state index in [1.807, 2.05) is 0 Å². The molecule has 0 aliphatic rings. The van der Waals surface area contributed by atoms with E-state index in [9.17, 15) is 9.59 Å². The van der Waals surface area contributed by atoms with Crippen LogP contribution in [0.1, 0.15) is 22.8 Å². The van der Waals surface area contributed by atoms with E-state index in [0.29, 0.717) is 22.4 Å². The van der Waals surface area contributed by atoms with E-state index < -0.39 is 5.91 Å². The minimum absolute atomic E-state index is 0.0827. The number of halogens is 2. The quantitative estimate of drug-likeness (QED) is 0.580. The molecule has 2 N–H and O–H groups in total. The minimum Gasteiger partial charge on any atom is -0.345 e. The summed E-state index contributed by atoms with van der Waals surface area (Å²) in [5.74, 6) is -0.0420.